The fourth-order valence-corrected chi connectivity index (χ4v) is 3.23. The van der Waals surface area contributed by atoms with E-state index in [1.165, 1.54) is 6.42 Å². The molecule has 132 valence electrons. The standard InChI is InChI=1S/C18H22ClN5O/c1-20-14-8-4-7-13(17(14)21-2)11-24(10-12-5-3-6-12)18(25)15-9-16(19)23-22-15/h4,7-9,12,20H,2-3,5-6,10-11H2,1H3,(H,22,23). The van der Waals surface area contributed by atoms with E-state index in [9.17, 15) is 4.79 Å². The number of carbonyl (C=O) groups excluding carboxylic acids is 1. The van der Waals surface area contributed by atoms with Crippen LogP contribution >= 0.6 is 11.6 Å². The summed E-state index contributed by atoms with van der Waals surface area (Å²) in [6.45, 7) is 4.85. The number of hydrogen-bond donors (Lipinski definition) is 2. The Kier molecular flexibility index (Phi) is 5.38. The summed E-state index contributed by atoms with van der Waals surface area (Å²) in [5.41, 5.74) is 2.96. The first-order valence-electron chi connectivity index (χ1n) is 8.39. The molecule has 0 bridgehead atoms. The molecule has 1 heterocycles. The van der Waals surface area contributed by atoms with Crippen LogP contribution in [0.25, 0.3) is 0 Å². The Morgan fingerprint density at radius 1 is 1.52 bits per heavy atom. The molecule has 0 unspecified atom stereocenters. The zero-order valence-corrected chi connectivity index (χ0v) is 15.0. The Labute approximate surface area is 152 Å². The van der Waals surface area contributed by atoms with Crippen LogP contribution in [0.15, 0.2) is 29.3 Å². The molecular formula is C18H22ClN5O. The molecule has 1 aromatic heterocycles. The molecule has 1 aliphatic rings. The first-order valence-corrected chi connectivity index (χ1v) is 8.76. The van der Waals surface area contributed by atoms with E-state index < -0.39 is 0 Å². The lowest BCUT2D eigenvalue weighted by Gasteiger charge is -2.32. The highest BCUT2D eigenvalue weighted by atomic mass is 35.5. The van der Waals surface area contributed by atoms with Crippen LogP contribution in [0.2, 0.25) is 5.15 Å². The lowest BCUT2D eigenvalue weighted by Crippen LogP contribution is -2.37. The monoisotopic (exact) mass is 359 g/mol. The van der Waals surface area contributed by atoms with Crippen molar-refractivity contribution < 1.29 is 4.79 Å². The number of halogens is 1. The molecule has 6 nitrogen and oxygen atoms in total. The predicted molar refractivity (Wildman–Crippen MR) is 101 cm³/mol. The number of para-hydroxylation sites is 1. The molecule has 0 radical (unpaired) electrons. The highest BCUT2D eigenvalue weighted by Gasteiger charge is 2.26. The minimum atomic E-state index is -0.125. The Balaban J connectivity index is 1.87. The summed E-state index contributed by atoms with van der Waals surface area (Å²) in [6, 6.07) is 7.43. The van der Waals surface area contributed by atoms with Crippen molar-refractivity contribution in [2.24, 2.45) is 10.9 Å². The van der Waals surface area contributed by atoms with Crippen molar-refractivity contribution in [1.29, 1.82) is 0 Å². The first-order chi connectivity index (χ1) is 12.1. The van der Waals surface area contributed by atoms with Crippen LogP contribution in [-0.2, 0) is 6.54 Å². The van der Waals surface area contributed by atoms with Gasteiger partial charge in [0.15, 0.2) is 5.69 Å². The van der Waals surface area contributed by atoms with Crippen molar-refractivity contribution in [2.45, 2.75) is 25.8 Å². The molecule has 25 heavy (non-hydrogen) atoms. The first kappa shape index (κ1) is 17.5. The van der Waals surface area contributed by atoms with Crippen LogP contribution in [0.4, 0.5) is 11.4 Å². The fourth-order valence-electron chi connectivity index (χ4n) is 3.09. The number of aliphatic imine (C=N–C) groups is 1. The number of H-pyrrole nitrogens is 1. The van der Waals surface area contributed by atoms with E-state index >= 15 is 0 Å². The maximum atomic E-state index is 12.9. The van der Waals surface area contributed by atoms with Gasteiger partial charge in [-0.3, -0.25) is 14.9 Å². The zero-order chi connectivity index (χ0) is 17.8. The molecule has 7 heteroatoms. The number of rotatable bonds is 7. The summed E-state index contributed by atoms with van der Waals surface area (Å²) in [7, 11) is 1.84. The third-order valence-corrected chi connectivity index (χ3v) is 4.86. The molecule has 1 amide bonds. The third kappa shape index (κ3) is 3.85. The Morgan fingerprint density at radius 3 is 2.88 bits per heavy atom. The normalized spacial score (nSPS) is 14.0. The van der Waals surface area contributed by atoms with E-state index in [0.717, 1.165) is 29.8 Å². The van der Waals surface area contributed by atoms with E-state index in [-0.39, 0.29) is 5.91 Å². The highest BCUT2D eigenvalue weighted by molar-refractivity contribution is 6.29. The van der Waals surface area contributed by atoms with Gasteiger partial charge in [-0.1, -0.05) is 30.2 Å². The third-order valence-electron chi connectivity index (χ3n) is 4.66. The van der Waals surface area contributed by atoms with Crippen molar-refractivity contribution in [3.05, 3.63) is 40.7 Å². The number of nitrogens with one attached hydrogen (secondary N) is 2. The molecule has 1 fully saturated rings. The molecule has 1 aliphatic carbocycles. The number of aromatic nitrogens is 2. The Morgan fingerprint density at radius 2 is 2.32 bits per heavy atom. The molecule has 2 N–H and O–H groups in total. The molecular weight excluding hydrogens is 338 g/mol. The second-order valence-electron chi connectivity index (χ2n) is 6.31. The molecule has 2 aromatic rings. The van der Waals surface area contributed by atoms with Gasteiger partial charge in [-0.15, -0.1) is 0 Å². The van der Waals surface area contributed by atoms with Crippen molar-refractivity contribution in [3.63, 3.8) is 0 Å². The van der Waals surface area contributed by atoms with Crippen LogP contribution in [-0.4, -0.2) is 41.3 Å². The van der Waals surface area contributed by atoms with Crippen molar-refractivity contribution in [3.8, 4) is 0 Å². The van der Waals surface area contributed by atoms with E-state index in [1.54, 1.807) is 6.07 Å². The number of anilines is 1. The largest absolute Gasteiger partial charge is 0.386 e. The minimum absolute atomic E-state index is 0.125. The smallest absolute Gasteiger partial charge is 0.274 e. The summed E-state index contributed by atoms with van der Waals surface area (Å²) < 4.78 is 0. The number of amides is 1. The zero-order valence-electron chi connectivity index (χ0n) is 14.3. The fraction of sp³-hybridized carbons (Fsp3) is 0.389. The molecule has 1 saturated carbocycles. The van der Waals surface area contributed by atoms with Crippen LogP contribution < -0.4 is 5.32 Å². The lowest BCUT2D eigenvalue weighted by molar-refractivity contribution is 0.0674. The van der Waals surface area contributed by atoms with Crippen molar-refractivity contribution >= 4 is 35.6 Å². The summed E-state index contributed by atoms with van der Waals surface area (Å²) in [5, 5.41) is 10.1. The number of aromatic amines is 1. The van der Waals surface area contributed by atoms with Crippen molar-refractivity contribution in [1.82, 2.24) is 15.1 Å². The van der Waals surface area contributed by atoms with Gasteiger partial charge in [-0.25, -0.2) is 0 Å². The number of nitrogens with zero attached hydrogens (tertiary/aromatic N) is 3. The Hall–Kier alpha value is -2.34. The minimum Gasteiger partial charge on any atom is -0.386 e. The van der Waals surface area contributed by atoms with Gasteiger partial charge in [0, 0.05) is 26.2 Å². The van der Waals surface area contributed by atoms with E-state index in [1.807, 2.05) is 30.1 Å². The lowest BCUT2D eigenvalue weighted by atomic mass is 9.85. The predicted octanol–water partition coefficient (Wildman–Crippen LogP) is 3.88. The number of carbonyl (C=O) groups is 1. The van der Waals surface area contributed by atoms with Gasteiger partial charge in [0.05, 0.1) is 11.4 Å². The second kappa shape index (κ2) is 7.70. The highest BCUT2D eigenvalue weighted by Crippen LogP contribution is 2.32. The van der Waals surface area contributed by atoms with Crippen LogP contribution in [0.5, 0.6) is 0 Å². The average Bonchev–Trinajstić information content (AvgIpc) is 3.02. The van der Waals surface area contributed by atoms with Gasteiger partial charge in [0.1, 0.15) is 5.15 Å². The van der Waals surface area contributed by atoms with E-state index in [0.29, 0.717) is 29.9 Å². The molecule has 3 rings (SSSR count). The van der Waals surface area contributed by atoms with Gasteiger partial charge in [-0.2, -0.15) is 5.10 Å². The Bertz CT molecular complexity index is 769. The van der Waals surface area contributed by atoms with Gasteiger partial charge in [0.2, 0.25) is 0 Å². The average molecular weight is 360 g/mol. The van der Waals surface area contributed by atoms with Crippen molar-refractivity contribution in [2.75, 3.05) is 18.9 Å². The SMILES string of the molecule is C=Nc1c(CN(CC2CCC2)C(=O)c2cc(Cl)[nH]n2)cccc1NC. The maximum Gasteiger partial charge on any atom is 0.274 e. The summed E-state index contributed by atoms with van der Waals surface area (Å²) in [4.78, 5) is 18.9. The van der Waals surface area contributed by atoms with E-state index in [2.05, 4.69) is 27.2 Å². The van der Waals surface area contributed by atoms with Crippen LogP contribution in [0.1, 0.15) is 35.3 Å². The number of benzene rings is 1. The van der Waals surface area contributed by atoms with Gasteiger partial charge >= 0.3 is 0 Å². The van der Waals surface area contributed by atoms with Crippen LogP contribution in [0, 0.1) is 5.92 Å². The quantitative estimate of drug-likeness (QED) is 0.737. The van der Waals surface area contributed by atoms with E-state index in [4.69, 9.17) is 11.6 Å². The summed E-state index contributed by atoms with van der Waals surface area (Å²) >= 11 is 5.88. The van der Waals surface area contributed by atoms with Crippen LogP contribution in [0.3, 0.4) is 0 Å². The van der Waals surface area contributed by atoms with Gasteiger partial charge in [-0.05, 0) is 37.1 Å². The molecule has 0 spiro atoms. The summed E-state index contributed by atoms with van der Waals surface area (Å²) in [6.07, 6.45) is 3.55. The van der Waals surface area contributed by atoms with Gasteiger partial charge in [0.25, 0.3) is 5.91 Å². The number of hydrogen-bond acceptors (Lipinski definition) is 4. The second-order valence-corrected chi connectivity index (χ2v) is 6.71. The van der Waals surface area contributed by atoms with Gasteiger partial charge < -0.3 is 10.2 Å². The maximum absolute atomic E-state index is 12.9. The molecule has 1 aromatic carbocycles. The summed E-state index contributed by atoms with van der Waals surface area (Å²) in [5.74, 6) is 0.422. The topological polar surface area (TPSA) is 73.4 Å². The molecule has 0 saturated heterocycles. The molecule has 0 aliphatic heterocycles. The molecule has 0 atom stereocenters.